The number of aromatic nitrogens is 2. The van der Waals surface area contributed by atoms with Crippen molar-refractivity contribution in [2.75, 3.05) is 13.2 Å². The lowest BCUT2D eigenvalue weighted by molar-refractivity contribution is 0.248. The topological polar surface area (TPSA) is 60.1 Å². The lowest BCUT2D eigenvalue weighted by atomic mass is 10.1. The van der Waals surface area contributed by atoms with Crippen molar-refractivity contribution >= 4 is 34.3 Å². The highest BCUT2D eigenvalue weighted by molar-refractivity contribution is 6.32. The van der Waals surface area contributed by atoms with Crippen molar-refractivity contribution in [2.24, 2.45) is 5.92 Å². The Morgan fingerprint density at radius 3 is 2.67 bits per heavy atom. The van der Waals surface area contributed by atoms with E-state index in [0.29, 0.717) is 53.6 Å². The number of hydrogen-bond donors (Lipinski definition) is 0. The molecule has 0 bridgehead atoms. The van der Waals surface area contributed by atoms with E-state index in [1.165, 1.54) is 0 Å². The van der Waals surface area contributed by atoms with Crippen molar-refractivity contribution in [3.63, 3.8) is 0 Å². The number of benzene rings is 2. The highest BCUT2D eigenvalue weighted by atomic mass is 35.5. The van der Waals surface area contributed by atoms with Crippen LogP contribution >= 0.6 is 11.6 Å². The van der Waals surface area contributed by atoms with Gasteiger partial charge in [-0.2, -0.15) is 5.26 Å². The summed E-state index contributed by atoms with van der Waals surface area (Å²) in [4.78, 5) is 4.68. The predicted octanol–water partition coefficient (Wildman–Crippen LogP) is 6.21. The van der Waals surface area contributed by atoms with Crippen molar-refractivity contribution in [3.8, 4) is 17.6 Å². The Kier molecular flexibility index (Phi) is 7.02. The summed E-state index contributed by atoms with van der Waals surface area (Å²) >= 11 is 6.51. The monoisotopic (exact) mass is 423 g/mol. The summed E-state index contributed by atoms with van der Waals surface area (Å²) in [5, 5.41) is 10.3. The largest absolute Gasteiger partial charge is 0.490 e. The fourth-order valence-electron chi connectivity index (χ4n) is 3.24. The molecule has 30 heavy (non-hydrogen) atoms. The number of nitrogens with zero attached hydrogens (tertiary/aromatic N) is 3. The van der Waals surface area contributed by atoms with Crippen molar-refractivity contribution in [2.45, 2.75) is 34.2 Å². The van der Waals surface area contributed by atoms with Gasteiger partial charge >= 0.3 is 0 Å². The van der Waals surface area contributed by atoms with Gasteiger partial charge in [0.2, 0.25) is 0 Å². The second-order valence-corrected chi connectivity index (χ2v) is 7.71. The quantitative estimate of drug-likeness (QED) is 0.404. The minimum absolute atomic E-state index is 0.363. The van der Waals surface area contributed by atoms with Gasteiger partial charge in [0.1, 0.15) is 6.07 Å². The number of allylic oxidation sites excluding steroid dienone is 1. The van der Waals surface area contributed by atoms with Gasteiger partial charge in [0, 0.05) is 6.54 Å². The summed E-state index contributed by atoms with van der Waals surface area (Å²) in [6.07, 6.45) is 1.79. The van der Waals surface area contributed by atoms with Crippen LogP contribution in [-0.4, -0.2) is 22.8 Å². The number of imidazole rings is 1. The zero-order chi connectivity index (χ0) is 21.7. The Morgan fingerprint density at radius 1 is 1.23 bits per heavy atom. The second kappa shape index (κ2) is 9.69. The Hall–Kier alpha value is -2.97. The van der Waals surface area contributed by atoms with E-state index in [-0.39, 0.29) is 0 Å². The molecule has 3 rings (SSSR count). The summed E-state index contributed by atoms with van der Waals surface area (Å²) in [6.45, 7) is 9.83. The molecule has 156 valence electrons. The molecular formula is C24H26ClN3O2. The minimum atomic E-state index is 0.363. The number of nitriles is 1. The van der Waals surface area contributed by atoms with Crippen LogP contribution in [0.5, 0.6) is 11.5 Å². The summed E-state index contributed by atoms with van der Waals surface area (Å²) in [5.41, 5.74) is 3.08. The van der Waals surface area contributed by atoms with E-state index in [0.717, 1.165) is 16.6 Å². The van der Waals surface area contributed by atoms with Gasteiger partial charge in [-0.3, -0.25) is 0 Å². The molecule has 0 saturated heterocycles. The molecule has 0 amide bonds. The van der Waals surface area contributed by atoms with Crippen LogP contribution in [0.3, 0.4) is 0 Å². The van der Waals surface area contributed by atoms with Crippen LogP contribution < -0.4 is 9.47 Å². The van der Waals surface area contributed by atoms with Gasteiger partial charge in [0.25, 0.3) is 0 Å². The average Bonchev–Trinajstić information content (AvgIpc) is 3.09. The molecule has 1 heterocycles. The second-order valence-electron chi connectivity index (χ2n) is 7.31. The zero-order valence-corrected chi connectivity index (χ0v) is 18.5. The Bertz CT molecular complexity index is 1110. The molecule has 0 aliphatic heterocycles. The molecule has 0 aliphatic carbocycles. The maximum absolute atomic E-state index is 9.87. The molecule has 2 aromatic carbocycles. The molecule has 1 aromatic heterocycles. The SMILES string of the molecule is CCOc1cc(/C=C(/C#N)c2nc3ccccc3n2CC)cc(Cl)c1OCC(C)C. The third kappa shape index (κ3) is 4.60. The van der Waals surface area contributed by atoms with Crippen molar-refractivity contribution < 1.29 is 9.47 Å². The van der Waals surface area contributed by atoms with Gasteiger partial charge < -0.3 is 14.0 Å². The Labute approximate surface area is 182 Å². The van der Waals surface area contributed by atoms with Crippen LogP contribution in [-0.2, 0) is 6.54 Å². The van der Waals surface area contributed by atoms with Crippen molar-refractivity contribution in [3.05, 3.63) is 52.8 Å². The van der Waals surface area contributed by atoms with Gasteiger partial charge in [0.15, 0.2) is 17.3 Å². The van der Waals surface area contributed by atoms with Gasteiger partial charge in [0.05, 0.1) is 34.8 Å². The van der Waals surface area contributed by atoms with E-state index in [9.17, 15) is 5.26 Å². The third-order valence-electron chi connectivity index (χ3n) is 4.54. The molecule has 0 fully saturated rings. The number of hydrogen-bond acceptors (Lipinski definition) is 4. The third-order valence-corrected chi connectivity index (χ3v) is 4.82. The normalized spacial score (nSPS) is 11.7. The van der Waals surface area contributed by atoms with E-state index in [1.807, 2.05) is 48.7 Å². The van der Waals surface area contributed by atoms with Gasteiger partial charge in [-0.15, -0.1) is 0 Å². The van der Waals surface area contributed by atoms with Gasteiger partial charge in [-0.05, 0) is 55.7 Å². The van der Waals surface area contributed by atoms with Crippen LogP contribution in [0.1, 0.15) is 39.1 Å². The maximum Gasteiger partial charge on any atom is 0.179 e. The smallest absolute Gasteiger partial charge is 0.179 e. The molecule has 0 saturated carbocycles. The minimum Gasteiger partial charge on any atom is -0.490 e. The van der Waals surface area contributed by atoms with Crippen molar-refractivity contribution in [1.82, 2.24) is 9.55 Å². The summed E-state index contributed by atoms with van der Waals surface area (Å²) in [5.74, 6) is 2.10. The molecule has 6 heteroatoms. The highest BCUT2D eigenvalue weighted by Crippen LogP contribution is 2.38. The first kappa shape index (κ1) is 21.7. The first-order valence-corrected chi connectivity index (χ1v) is 10.5. The number of rotatable bonds is 8. The van der Waals surface area contributed by atoms with E-state index >= 15 is 0 Å². The zero-order valence-electron chi connectivity index (χ0n) is 17.8. The van der Waals surface area contributed by atoms with Gasteiger partial charge in [-0.1, -0.05) is 37.6 Å². The number of fused-ring (bicyclic) bond motifs is 1. The highest BCUT2D eigenvalue weighted by Gasteiger charge is 2.16. The molecule has 0 unspecified atom stereocenters. The predicted molar refractivity (Wildman–Crippen MR) is 122 cm³/mol. The van der Waals surface area contributed by atoms with Crippen LogP contribution in [0.4, 0.5) is 0 Å². The number of aryl methyl sites for hydroxylation is 1. The van der Waals surface area contributed by atoms with E-state index in [4.69, 9.17) is 21.1 Å². The Morgan fingerprint density at radius 2 is 2.00 bits per heavy atom. The van der Waals surface area contributed by atoms with Crippen LogP contribution in [0.15, 0.2) is 36.4 Å². The molecule has 5 nitrogen and oxygen atoms in total. The van der Waals surface area contributed by atoms with Gasteiger partial charge in [-0.25, -0.2) is 4.98 Å². The van der Waals surface area contributed by atoms with E-state index in [2.05, 4.69) is 24.9 Å². The van der Waals surface area contributed by atoms with Crippen molar-refractivity contribution in [1.29, 1.82) is 5.26 Å². The summed E-state index contributed by atoms with van der Waals surface area (Å²) in [6, 6.07) is 13.8. The summed E-state index contributed by atoms with van der Waals surface area (Å²) < 4.78 is 13.7. The van der Waals surface area contributed by atoms with E-state index in [1.54, 1.807) is 12.1 Å². The van der Waals surface area contributed by atoms with Crippen LogP contribution in [0.25, 0.3) is 22.7 Å². The maximum atomic E-state index is 9.87. The summed E-state index contributed by atoms with van der Waals surface area (Å²) in [7, 11) is 0. The fourth-order valence-corrected chi connectivity index (χ4v) is 3.51. The van der Waals surface area contributed by atoms with Crippen LogP contribution in [0.2, 0.25) is 5.02 Å². The van der Waals surface area contributed by atoms with E-state index < -0.39 is 0 Å². The fraction of sp³-hybridized carbons (Fsp3) is 0.333. The molecule has 0 atom stereocenters. The molecule has 0 spiro atoms. The average molecular weight is 424 g/mol. The first-order valence-electron chi connectivity index (χ1n) is 10.1. The molecule has 3 aromatic rings. The molecule has 0 aliphatic rings. The molecular weight excluding hydrogens is 398 g/mol. The standard InChI is InChI=1S/C24H26ClN3O2/c1-5-28-21-10-8-7-9-20(21)27-24(28)18(14-26)11-17-12-19(25)23(30-15-16(3)4)22(13-17)29-6-2/h7-13,16H,5-6,15H2,1-4H3/b18-11-. The number of halogens is 1. The molecule has 0 radical (unpaired) electrons. The number of ether oxygens (including phenoxy) is 2. The first-order chi connectivity index (χ1) is 14.5. The lowest BCUT2D eigenvalue weighted by Gasteiger charge is -2.16. The Balaban J connectivity index is 2.07. The number of para-hydroxylation sites is 2. The lowest BCUT2D eigenvalue weighted by Crippen LogP contribution is -2.07. The molecule has 0 N–H and O–H groups in total. The van der Waals surface area contributed by atoms with Crippen LogP contribution in [0, 0.1) is 17.2 Å².